The Morgan fingerprint density at radius 1 is 1.02 bits per heavy atom. The molecule has 9 heteroatoms. The van der Waals surface area contributed by atoms with Crippen LogP contribution in [0.25, 0.3) is 17.3 Å². The van der Waals surface area contributed by atoms with Crippen LogP contribution < -0.4 is 24.9 Å². The van der Waals surface area contributed by atoms with Gasteiger partial charge in [-0.15, -0.1) is 0 Å². The number of thiazole rings is 1. The molecule has 3 aromatic carbocycles. The Morgan fingerprint density at radius 3 is 2.42 bits per heavy atom. The Hall–Kier alpha value is -5.02. The molecule has 0 fully saturated rings. The van der Waals surface area contributed by atoms with Crippen LogP contribution in [0.5, 0.6) is 5.75 Å². The van der Waals surface area contributed by atoms with Gasteiger partial charge in [0.15, 0.2) is 4.80 Å². The first kappa shape index (κ1) is 25.3. The van der Waals surface area contributed by atoms with E-state index in [0.29, 0.717) is 32.0 Å². The first-order chi connectivity index (χ1) is 19.5. The molecule has 40 heavy (non-hydrogen) atoms. The van der Waals surface area contributed by atoms with Gasteiger partial charge in [0.1, 0.15) is 5.75 Å². The lowest BCUT2D eigenvalue weighted by atomic mass is 9.95. The topological polar surface area (TPSA) is 101 Å². The molecule has 0 aliphatic carbocycles. The van der Waals surface area contributed by atoms with Crippen molar-refractivity contribution in [2.75, 3.05) is 12.4 Å². The molecule has 8 nitrogen and oxygen atoms in total. The van der Waals surface area contributed by atoms with Crippen LogP contribution in [-0.2, 0) is 4.79 Å². The zero-order chi connectivity index (χ0) is 27.6. The summed E-state index contributed by atoms with van der Waals surface area (Å²) in [7, 11) is 1.60. The van der Waals surface area contributed by atoms with E-state index >= 15 is 0 Å². The molecule has 1 atom stereocenters. The Labute approximate surface area is 233 Å². The number of carbonyl (C=O) groups excluding carboxylic acids is 1. The molecular formula is C31H25N5O3S. The molecular weight excluding hydrogens is 522 g/mol. The number of nitrogens with one attached hydrogen (secondary N) is 2. The molecule has 5 aromatic rings. The highest BCUT2D eigenvalue weighted by atomic mass is 32.1. The summed E-state index contributed by atoms with van der Waals surface area (Å²) in [5.41, 5.74) is 4.72. The molecule has 1 aliphatic heterocycles. The van der Waals surface area contributed by atoms with Gasteiger partial charge < -0.3 is 10.1 Å². The third kappa shape index (κ3) is 4.67. The van der Waals surface area contributed by atoms with Crippen molar-refractivity contribution in [3.8, 4) is 17.0 Å². The van der Waals surface area contributed by atoms with E-state index in [1.165, 1.54) is 11.3 Å². The van der Waals surface area contributed by atoms with Crippen LogP contribution in [0.3, 0.4) is 0 Å². The zero-order valence-electron chi connectivity index (χ0n) is 21.8. The minimum Gasteiger partial charge on any atom is -0.497 e. The summed E-state index contributed by atoms with van der Waals surface area (Å²) in [5, 5.41) is 10.2. The van der Waals surface area contributed by atoms with Gasteiger partial charge in [-0.3, -0.25) is 19.3 Å². The van der Waals surface area contributed by atoms with Crippen molar-refractivity contribution in [2.24, 2.45) is 4.99 Å². The summed E-state index contributed by atoms with van der Waals surface area (Å²) >= 11 is 1.29. The van der Waals surface area contributed by atoms with Gasteiger partial charge in [0.2, 0.25) is 0 Å². The van der Waals surface area contributed by atoms with E-state index in [1.807, 2.05) is 91.0 Å². The number of hydrogen-bond acceptors (Lipinski definition) is 6. The molecule has 0 bridgehead atoms. The number of hydrogen-bond donors (Lipinski definition) is 2. The van der Waals surface area contributed by atoms with Crippen molar-refractivity contribution in [1.82, 2.24) is 14.8 Å². The quantitative estimate of drug-likeness (QED) is 0.332. The van der Waals surface area contributed by atoms with Crippen LogP contribution in [0.1, 0.15) is 24.1 Å². The van der Waals surface area contributed by atoms with Crippen molar-refractivity contribution in [1.29, 1.82) is 0 Å². The van der Waals surface area contributed by atoms with Gasteiger partial charge in [-0.25, -0.2) is 4.99 Å². The van der Waals surface area contributed by atoms with E-state index in [4.69, 9.17) is 9.73 Å². The highest BCUT2D eigenvalue weighted by molar-refractivity contribution is 7.07. The van der Waals surface area contributed by atoms with E-state index < -0.39 is 6.04 Å². The molecule has 0 saturated heterocycles. The molecule has 1 amide bonds. The van der Waals surface area contributed by atoms with Gasteiger partial charge in [-0.2, -0.15) is 5.10 Å². The van der Waals surface area contributed by atoms with E-state index in [1.54, 1.807) is 24.8 Å². The average molecular weight is 548 g/mol. The van der Waals surface area contributed by atoms with Crippen molar-refractivity contribution in [3.63, 3.8) is 0 Å². The van der Waals surface area contributed by atoms with Crippen LogP contribution in [0.4, 0.5) is 5.69 Å². The number of allylic oxidation sites excluding steroid dienone is 1. The number of H-pyrrole nitrogens is 1. The fraction of sp³-hybridized carbons (Fsp3) is 0.0968. The number of benzene rings is 3. The summed E-state index contributed by atoms with van der Waals surface area (Å²) in [6, 6.07) is 25.8. The summed E-state index contributed by atoms with van der Waals surface area (Å²) < 4.78 is 7.44. The van der Waals surface area contributed by atoms with Crippen molar-refractivity contribution < 1.29 is 9.53 Å². The number of aromatic nitrogens is 3. The van der Waals surface area contributed by atoms with Crippen LogP contribution in [0, 0.1) is 0 Å². The molecule has 2 N–H and O–H groups in total. The number of aromatic amines is 1. The van der Waals surface area contributed by atoms with Crippen molar-refractivity contribution in [3.05, 3.63) is 133 Å². The standard InChI is InChI=1S/C31H25N5O3S/c1-19-26(29(37)34-23-11-7-4-8-12-23)28(21-13-15-24(39-2)16-14-21)36-30(38)25(40-31(36)33-19)17-22-18-32-35-27(22)20-9-5-3-6-10-20/h3-18,28H,1-2H3,(H,32,35)(H,34,37)/b25-17+. The normalized spacial score (nSPS) is 14.9. The number of rotatable bonds is 6. The maximum Gasteiger partial charge on any atom is 0.271 e. The van der Waals surface area contributed by atoms with E-state index in [0.717, 1.165) is 22.4 Å². The van der Waals surface area contributed by atoms with Gasteiger partial charge in [-0.1, -0.05) is 72.0 Å². The monoisotopic (exact) mass is 547 g/mol. The molecule has 0 spiro atoms. The fourth-order valence-electron chi connectivity index (χ4n) is 4.82. The molecule has 198 valence electrons. The number of amides is 1. The van der Waals surface area contributed by atoms with Gasteiger partial charge in [0, 0.05) is 16.8 Å². The second-order valence-corrected chi connectivity index (χ2v) is 10.3. The molecule has 2 aromatic heterocycles. The minimum atomic E-state index is -0.675. The Kier molecular flexibility index (Phi) is 6.71. The smallest absolute Gasteiger partial charge is 0.271 e. The van der Waals surface area contributed by atoms with Crippen LogP contribution in [-0.4, -0.2) is 27.8 Å². The fourth-order valence-corrected chi connectivity index (χ4v) is 5.85. The number of carbonyl (C=O) groups is 1. The predicted octanol–water partition coefficient (Wildman–Crippen LogP) is 4.27. The van der Waals surface area contributed by atoms with E-state index in [9.17, 15) is 9.59 Å². The van der Waals surface area contributed by atoms with Gasteiger partial charge >= 0.3 is 0 Å². The number of anilines is 1. The molecule has 1 unspecified atom stereocenters. The number of ether oxygens (including phenoxy) is 1. The summed E-state index contributed by atoms with van der Waals surface area (Å²) in [5.74, 6) is 0.365. The van der Waals surface area contributed by atoms with Crippen LogP contribution >= 0.6 is 11.3 Å². The zero-order valence-corrected chi connectivity index (χ0v) is 22.6. The first-order valence-electron chi connectivity index (χ1n) is 12.6. The van der Waals surface area contributed by atoms with Crippen LogP contribution in [0.2, 0.25) is 0 Å². The SMILES string of the molecule is COc1ccc(C2C(C(=O)Nc3ccccc3)=C(C)N=c3s/c(=C/c4cn[nH]c4-c4ccccc4)c(=O)n32)cc1. The Morgan fingerprint density at radius 2 is 1.73 bits per heavy atom. The van der Waals surface area contributed by atoms with Gasteiger partial charge in [0.25, 0.3) is 11.5 Å². The third-order valence-electron chi connectivity index (χ3n) is 6.75. The summed E-state index contributed by atoms with van der Waals surface area (Å²) in [6.45, 7) is 1.80. The van der Waals surface area contributed by atoms with Gasteiger partial charge in [-0.05, 0) is 42.8 Å². The predicted molar refractivity (Wildman–Crippen MR) is 156 cm³/mol. The molecule has 0 radical (unpaired) electrons. The Bertz CT molecular complexity index is 1900. The summed E-state index contributed by atoms with van der Waals surface area (Å²) in [4.78, 5) is 32.9. The van der Waals surface area contributed by atoms with E-state index in [2.05, 4.69) is 15.5 Å². The van der Waals surface area contributed by atoms with Crippen LogP contribution in [0.15, 0.2) is 112 Å². The van der Waals surface area contributed by atoms with Crippen molar-refractivity contribution in [2.45, 2.75) is 13.0 Å². The number of methoxy groups -OCH3 is 1. The maximum atomic E-state index is 14.0. The highest BCUT2D eigenvalue weighted by Crippen LogP contribution is 2.32. The molecule has 3 heterocycles. The maximum absolute atomic E-state index is 14.0. The largest absolute Gasteiger partial charge is 0.497 e. The number of fused-ring (bicyclic) bond motifs is 1. The summed E-state index contributed by atoms with van der Waals surface area (Å²) in [6.07, 6.45) is 3.52. The molecule has 0 saturated carbocycles. The number of para-hydroxylation sites is 1. The average Bonchev–Trinajstić information content (AvgIpc) is 3.57. The highest BCUT2D eigenvalue weighted by Gasteiger charge is 2.32. The molecule has 1 aliphatic rings. The first-order valence-corrected chi connectivity index (χ1v) is 13.5. The third-order valence-corrected chi connectivity index (χ3v) is 7.73. The lowest BCUT2D eigenvalue weighted by molar-refractivity contribution is -0.113. The van der Waals surface area contributed by atoms with Gasteiger partial charge in [0.05, 0.1) is 40.8 Å². The van der Waals surface area contributed by atoms with E-state index in [-0.39, 0.29) is 11.5 Å². The minimum absolute atomic E-state index is 0.234. The Balaban J connectivity index is 1.50. The lowest BCUT2D eigenvalue weighted by Crippen LogP contribution is -2.40. The second-order valence-electron chi connectivity index (χ2n) is 9.24. The van der Waals surface area contributed by atoms with Crippen molar-refractivity contribution >= 4 is 29.0 Å². The lowest BCUT2D eigenvalue weighted by Gasteiger charge is -2.25. The number of nitrogens with zero attached hydrogens (tertiary/aromatic N) is 3. The second kappa shape index (κ2) is 10.6. The molecule has 6 rings (SSSR count).